The van der Waals surface area contributed by atoms with E-state index in [4.69, 9.17) is 0 Å². The van der Waals surface area contributed by atoms with Gasteiger partial charge in [-0.3, -0.25) is 9.78 Å². The highest BCUT2D eigenvalue weighted by molar-refractivity contribution is 6.05. The Bertz CT molecular complexity index is 589. The molecule has 0 N–H and O–H groups in total. The summed E-state index contributed by atoms with van der Waals surface area (Å²) in [5.74, 6) is -0.0902. The van der Waals surface area contributed by atoms with E-state index in [-0.39, 0.29) is 5.78 Å². The molecule has 1 aromatic carbocycles. The summed E-state index contributed by atoms with van der Waals surface area (Å²) >= 11 is 0. The number of carbonyl (C=O) groups is 1. The minimum absolute atomic E-state index is 0.0902. The molecule has 0 bridgehead atoms. The summed E-state index contributed by atoms with van der Waals surface area (Å²) in [6, 6.07) is 13.4. The van der Waals surface area contributed by atoms with Crippen molar-refractivity contribution in [3.05, 3.63) is 66.0 Å². The number of anilines is 1. The molecule has 0 fully saturated rings. The molecule has 0 saturated heterocycles. The van der Waals surface area contributed by atoms with Crippen molar-refractivity contribution in [3.8, 4) is 0 Å². The van der Waals surface area contributed by atoms with Crippen LogP contribution in [-0.2, 0) is 0 Å². The molecule has 96 valence electrons. The molecule has 3 nitrogen and oxygen atoms in total. The van der Waals surface area contributed by atoms with Crippen LogP contribution >= 0.6 is 0 Å². The summed E-state index contributed by atoms with van der Waals surface area (Å²) in [5.41, 5.74) is 2.42. The number of nitrogens with zero attached hydrogens (tertiary/aromatic N) is 2. The highest BCUT2D eigenvalue weighted by Gasteiger charge is 2.05. The number of allylic oxidation sites excluding steroid dienone is 1. The molecular weight excluding hydrogens is 236 g/mol. The van der Waals surface area contributed by atoms with E-state index in [1.165, 1.54) is 0 Å². The zero-order valence-electron chi connectivity index (χ0n) is 11.1. The number of hydrogen-bond donors (Lipinski definition) is 0. The lowest BCUT2D eigenvalue weighted by Gasteiger charge is -2.12. The lowest BCUT2D eigenvalue weighted by Crippen LogP contribution is -2.10. The molecule has 1 aromatic heterocycles. The number of pyridine rings is 1. The molecule has 0 spiro atoms. The van der Waals surface area contributed by atoms with Gasteiger partial charge in [0.25, 0.3) is 0 Å². The third-order valence-electron chi connectivity index (χ3n) is 2.74. The number of rotatable bonds is 4. The summed E-state index contributed by atoms with van der Waals surface area (Å²) in [6.07, 6.45) is 5.00. The smallest absolute Gasteiger partial charge is 0.204 e. The predicted octanol–water partition coefficient (Wildman–Crippen LogP) is 3.04. The molecule has 2 aromatic rings. The molecule has 0 atom stereocenters. The molecule has 3 heteroatoms. The Morgan fingerprint density at radius 3 is 2.58 bits per heavy atom. The van der Waals surface area contributed by atoms with Crippen molar-refractivity contribution in [1.82, 2.24) is 4.98 Å². The van der Waals surface area contributed by atoms with Gasteiger partial charge in [-0.1, -0.05) is 36.4 Å². The standard InChI is InChI=1S/C16H16N2O/c1-18(2)14-10-11-17-15(12-14)16(19)9-8-13-6-4-3-5-7-13/h3-12H,1-2H3/b9-8+. The van der Waals surface area contributed by atoms with Crippen LogP contribution in [0.3, 0.4) is 0 Å². The van der Waals surface area contributed by atoms with Gasteiger partial charge in [-0.05, 0) is 23.8 Å². The molecule has 0 aliphatic rings. The van der Waals surface area contributed by atoms with Gasteiger partial charge in [-0.25, -0.2) is 0 Å². The van der Waals surface area contributed by atoms with Crippen LogP contribution in [0.1, 0.15) is 16.1 Å². The predicted molar refractivity (Wildman–Crippen MR) is 78.4 cm³/mol. The lowest BCUT2D eigenvalue weighted by molar-refractivity contribution is 0.104. The molecule has 19 heavy (non-hydrogen) atoms. The fourth-order valence-corrected chi connectivity index (χ4v) is 1.65. The van der Waals surface area contributed by atoms with Crippen LogP contribution in [0.25, 0.3) is 6.08 Å². The van der Waals surface area contributed by atoms with Crippen molar-refractivity contribution in [2.75, 3.05) is 19.0 Å². The zero-order valence-corrected chi connectivity index (χ0v) is 11.1. The van der Waals surface area contributed by atoms with E-state index in [1.807, 2.05) is 55.4 Å². The first-order chi connectivity index (χ1) is 9.16. The Morgan fingerprint density at radius 1 is 1.16 bits per heavy atom. The minimum Gasteiger partial charge on any atom is -0.378 e. The van der Waals surface area contributed by atoms with E-state index >= 15 is 0 Å². The molecule has 0 amide bonds. The minimum atomic E-state index is -0.0902. The second-order valence-corrected chi connectivity index (χ2v) is 4.40. The third kappa shape index (κ3) is 3.52. The topological polar surface area (TPSA) is 33.2 Å². The van der Waals surface area contributed by atoms with Crippen LogP contribution in [0.5, 0.6) is 0 Å². The molecular formula is C16H16N2O. The molecule has 2 rings (SSSR count). The highest BCUT2D eigenvalue weighted by atomic mass is 16.1. The van der Waals surface area contributed by atoms with Gasteiger partial charge in [0, 0.05) is 26.0 Å². The van der Waals surface area contributed by atoms with Crippen molar-refractivity contribution < 1.29 is 4.79 Å². The van der Waals surface area contributed by atoms with Gasteiger partial charge in [0.1, 0.15) is 5.69 Å². The Balaban J connectivity index is 2.16. The van der Waals surface area contributed by atoms with Crippen molar-refractivity contribution in [3.63, 3.8) is 0 Å². The van der Waals surface area contributed by atoms with E-state index in [9.17, 15) is 4.79 Å². The van der Waals surface area contributed by atoms with Gasteiger partial charge in [-0.2, -0.15) is 0 Å². The second kappa shape index (κ2) is 5.96. The van der Waals surface area contributed by atoms with Gasteiger partial charge in [0.2, 0.25) is 5.78 Å². The quantitative estimate of drug-likeness (QED) is 0.619. The Morgan fingerprint density at radius 2 is 1.89 bits per heavy atom. The Labute approximate surface area is 113 Å². The first-order valence-electron chi connectivity index (χ1n) is 6.07. The number of hydrogen-bond acceptors (Lipinski definition) is 3. The van der Waals surface area contributed by atoms with Crippen molar-refractivity contribution in [2.24, 2.45) is 0 Å². The first-order valence-corrected chi connectivity index (χ1v) is 6.07. The monoisotopic (exact) mass is 252 g/mol. The van der Waals surface area contributed by atoms with E-state index < -0.39 is 0 Å². The fraction of sp³-hybridized carbons (Fsp3) is 0.125. The number of aromatic nitrogens is 1. The van der Waals surface area contributed by atoms with E-state index in [0.29, 0.717) is 5.69 Å². The van der Waals surface area contributed by atoms with Crippen molar-refractivity contribution >= 4 is 17.5 Å². The maximum Gasteiger partial charge on any atom is 0.204 e. The summed E-state index contributed by atoms with van der Waals surface area (Å²) in [7, 11) is 3.87. The Kier molecular flexibility index (Phi) is 4.08. The molecule has 0 radical (unpaired) electrons. The third-order valence-corrected chi connectivity index (χ3v) is 2.74. The molecule has 0 saturated carbocycles. The van der Waals surface area contributed by atoms with Crippen LogP contribution in [0.2, 0.25) is 0 Å². The maximum absolute atomic E-state index is 12.0. The molecule has 0 aliphatic carbocycles. The van der Waals surface area contributed by atoms with E-state index in [2.05, 4.69) is 4.98 Å². The number of benzene rings is 1. The normalized spacial score (nSPS) is 10.6. The summed E-state index contributed by atoms with van der Waals surface area (Å²) in [6.45, 7) is 0. The van der Waals surface area contributed by atoms with Crippen molar-refractivity contribution in [2.45, 2.75) is 0 Å². The van der Waals surface area contributed by atoms with Crippen molar-refractivity contribution in [1.29, 1.82) is 0 Å². The van der Waals surface area contributed by atoms with Crippen LogP contribution in [0, 0.1) is 0 Å². The zero-order chi connectivity index (χ0) is 13.7. The van der Waals surface area contributed by atoms with Gasteiger partial charge in [0.15, 0.2) is 0 Å². The summed E-state index contributed by atoms with van der Waals surface area (Å²) in [4.78, 5) is 18.1. The molecule has 0 aliphatic heterocycles. The largest absolute Gasteiger partial charge is 0.378 e. The van der Waals surface area contributed by atoms with Gasteiger partial charge < -0.3 is 4.90 Å². The Hall–Kier alpha value is -2.42. The van der Waals surface area contributed by atoms with Crippen LogP contribution in [0.15, 0.2) is 54.7 Å². The number of carbonyl (C=O) groups excluding carboxylic acids is 1. The van der Waals surface area contributed by atoms with Gasteiger partial charge in [0.05, 0.1) is 0 Å². The van der Waals surface area contributed by atoms with Gasteiger partial charge >= 0.3 is 0 Å². The van der Waals surface area contributed by atoms with Crippen LogP contribution in [0.4, 0.5) is 5.69 Å². The SMILES string of the molecule is CN(C)c1ccnc(C(=O)/C=C/c2ccccc2)c1. The highest BCUT2D eigenvalue weighted by Crippen LogP contribution is 2.12. The summed E-state index contributed by atoms with van der Waals surface area (Å²) in [5, 5.41) is 0. The average molecular weight is 252 g/mol. The number of ketones is 1. The average Bonchev–Trinajstić information content (AvgIpc) is 2.46. The molecule has 0 unspecified atom stereocenters. The van der Waals surface area contributed by atoms with Crippen LogP contribution < -0.4 is 4.90 Å². The summed E-state index contributed by atoms with van der Waals surface area (Å²) < 4.78 is 0. The maximum atomic E-state index is 12.0. The van der Waals surface area contributed by atoms with Gasteiger partial charge in [-0.15, -0.1) is 0 Å². The second-order valence-electron chi connectivity index (χ2n) is 4.40. The molecule has 1 heterocycles. The first kappa shape index (κ1) is 13.0. The van der Waals surface area contributed by atoms with E-state index in [0.717, 1.165) is 11.3 Å². The fourth-order valence-electron chi connectivity index (χ4n) is 1.65. The lowest BCUT2D eigenvalue weighted by atomic mass is 10.1. The van der Waals surface area contributed by atoms with Crippen LogP contribution in [-0.4, -0.2) is 24.9 Å². The van der Waals surface area contributed by atoms with E-state index in [1.54, 1.807) is 24.4 Å².